The number of ether oxygens (including phenoxy) is 1. The Morgan fingerprint density at radius 2 is 2.00 bits per heavy atom. The van der Waals surface area contributed by atoms with Gasteiger partial charge in [0.1, 0.15) is 23.5 Å². The molecule has 0 aliphatic heterocycles. The van der Waals surface area contributed by atoms with Crippen LogP contribution in [0, 0.1) is 17.1 Å². The first kappa shape index (κ1) is 18.8. The molecule has 1 saturated carbocycles. The summed E-state index contributed by atoms with van der Waals surface area (Å²) in [6.45, 7) is 0. The highest BCUT2D eigenvalue weighted by molar-refractivity contribution is 5.71. The zero-order valence-corrected chi connectivity index (χ0v) is 15.6. The van der Waals surface area contributed by atoms with Crippen LogP contribution in [0.25, 0.3) is 11.3 Å². The van der Waals surface area contributed by atoms with E-state index in [1.165, 1.54) is 18.5 Å². The van der Waals surface area contributed by atoms with Gasteiger partial charge in [0, 0.05) is 12.1 Å². The number of rotatable bonds is 5. The Morgan fingerprint density at radius 3 is 2.72 bits per heavy atom. The first-order valence-electron chi connectivity index (χ1n) is 9.38. The van der Waals surface area contributed by atoms with Crippen LogP contribution >= 0.6 is 0 Å². The van der Waals surface area contributed by atoms with Crippen molar-refractivity contribution in [3.63, 3.8) is 0 Å². The number of nitriles is 1. The normalized spacial score (nSPS) is 18.8. The maximum absolute atomic E-state index is 14.7. The molecule has 9 heteroatoms. The van der Waals surface area contributed by atoms with Crippen molar-refractivity contribution in [1.29, 1.82) is 5.26 Å². The predicted molar refractivity (Wildman–Crippen MR) is 105 cm³/mol. The lowest BCUT2D eigenvalue weighted by Crippen LogP contribution is -2.31. The summed E-state index contributed by atoms with van der Waals surface area (Å²) in [6, 6.07) is 8.57. The van der Waals surface area contributed by atoms with Crippen LogP contribution in [0.1, 0.15) is 31.4 Å². The number of H-pyrrole nitrogens is 1. The van der Waals surface area contributed by atoms with Crippen molar-refractivity contribution in [3.8, 4) is 23.1 Å². The van der Waals surface area contributed by atoms with Gasteiger partial charge in [-0.25, -0.2) is 14.4 Å². The van der Waals surface area contributed by atoms with Gasteiger partial charge >= 0.3 is 0 Å². The van der Waals surface area contributed by atoms with E-state index in [9.17, 15) is 4.39 Å². The largest absolute Gasteiger partial charge is 0.490 e. The summed E-state index contributed by atoms with van der Waals surface area (Å²) in [5, 5.41) is 18.8. The Balaban J connectivity index is 1.54. The van der Waals surface area contributed by atoms with Crippen LogP contribution in [0.4, 0.5) is 16.0 Å². The standard InChI is InChI=1S/C20H20FN7O/c21-15-2-1-3-17(29-14-6-4-12(23)5-7-14)20(15)16-8-18(28-27-16)26-19-11-24-13(9-22)10-25-19/h1-3,8,10-12,14H,4-7,23H2,(H2,25,26,27,28)/t12-,14-. The molecule has 3 aromatic rings. The minimum absolute atomic E-state index is 0.0183. The summed E-state index contributed by atoms with van der Waals surface area (Å²) in [4.78, 5) is 8.03. The smallest absolute Gasteiger partial charge is 0.158 e. The van der Waals surface area contributed by atoms with Crippen LogP contribution in [0.5, 0.6) is 5.75 Å². The van der Waals surface area contributed by atoms with Gasteiger partial charge in [0.25, 0.3) is 0 Å². The summed E-state index contributed by atoms with van der Waals surface area (Å²) in [5.41, 5.74) is 6.98. The van der Waals surface area contributed by atoms with Gasteiger partial charge in [-0.1, -0.05) is 6.07 Å². The molecule has 2 aromatic heterocycles. The molecule has 1 aliphatic carbocycles. The lowest BCUT2D eigenvalue weighted by molar-refractivity contribution is 0.147. The topological polar surface area (TPSA) is 126 Å². The van der Waals surface area contributed by atoms with Crippen LogP contribution in [-0.4, -0.2) is 32.3 Å². The van der Waals surface area contributed by atoms with Crippen LogP contribution in [0.15, 0.2) is 36.7 Å². The molecule has 0 saturated heterocycles. The van der Waals surface area contributed by atoms with Gasteiger partial charge in [-0.3, -0.25) is 5.10 Å². The van der Waals surface area contributed by atoms with Gasteiger partial charge in [-0.2, -0.15) is 10.4 Å². The van der Waals surface area contributed by atoms with Gasteiger partial charge in [0.2, 0.25) is 0 Å². The maximum Gasteiger partial charge on any atom is 0.158 e. The quantitative estimate of drug-likeness (QED) is 0.607. The number of hydrogen-bond acceptors (Lipinski definition) is 7. The molecule has 2 heterocycles. The Morgan fingerprint density at radius 1 is 1.17 bits per heavy atom. The van der Waals surface area contributed by atoms with Crippen molar-refractivity contribution in [3.05, 3.63) is 48.2 Å². The maximum atomic E-state index is 14.7. The third kappa shape index (κ3) is 4.33. The molecule has 0 spiro atoms. The molecule has 1 fully saturated rings. The van der Waals surface area contributed by atoms with Gasteiger partial charge < -0.3 is 15.8 Å². The van der Waals surface area contributed by atoms with E-state index in [2.05, 4.69) is 25.5 Å². The van der Waals surface area contributed by atoms with Crippen molar-refractivity contribution in [1.82, 2.24) is 20.2 Å². The Hall–Kier alpha value is -3.51. The molecule has 4 N–H and O–H groups in total. The molecule has 29 heavy (non-hydrogen) atoms. The Labute approximate surface area is 166 Å². The number of hydrogen-bond donors (Lipinski definition) is 3. The highest BCUT2D eigenvalue weighted by atomic mass is 19.1. The summed E-state index contributed by atoms with van der Waals surface area (Å²) in [7, 11) is 0. The first-order chi connectivity index (χ1) is 14.1. The van der Waals surface area contributed by atoms with Crippen molar-refractivity contribution in [2.24, 2.45) is 5.73 Å². The highest BCUT2D eigenvalue weighted by Crippen LogP contribution is 2.35. The Bertz CT molecular complexity index is 1020. The summed E-state index contributed by atoms with van der Waals surface area (Å²) in [5.74, 6) is 0.935. The molecular formula is C20H20FN7O. The fraction of sp³-hybridized carbons (Fsp3) is 0.300. The van der Waals surface area contributed by atoms with E-state index in [4.69, 9.17) is 15.7 Å². The summed E-state index contributed by atoms with van der Waals surface area (Å²) in [6.07, 6.45) is 6.31. The average molecular weight is 393 g/mol. The lowest BCUT2D eigenvalue weighted by Gasteiger charge is -2.27. The predicted octanol–water partition coefficient (Wildman–Crippen LogP) is 3.27. The number of nitrogens with one attached hydrogen (secondary N) is 2. The van der Waals surface area contributed by atoms with E-state index in [-0.39, 0.29) is 17.8 Å². The monoisotopic (exact) mass is 393 g/mol. The van der Waals surface area contributed by atoms with Crippen molar-refractivity contribution in [2.45, 2.75) is 37.8 Å². The van der Waals surface area contributed by atoms with E-state index >= 15 is 0 Å². The number of aromatic nitrogens is 4. The van der Waals surface area contributed by atoms with E-state index in [1.54, 1.807) is 18.2 Å². The molecule has 0 unspecified atom stereocenters. The van der Waals surface area contributed by atoms with E-state index in [0.717, 1.165) is 25.7 Å². The highest BCUT2D eigenvalue weighted by Gasteiger charge is 2.22. The second kappa shape index (κ2) is 8.24. The second-order valence-electron chi connectivity index (χ2n) is 6.96. The third-order valence-electron chi connectivity index (χ3n) is 4.86. The van der Waals surface area contributed by atoms with Crippen molar-refractivity contribution < 1.29 is 9.13 Å². The summed E-state index contributed by atoms with van der Waals surface area (Å²) >= 11 is 0. The van der Waals surface area contributed by atoms with Crippen LogP contribution in [0.2, 0.25) is 0 Å². The number of anilines is 2. The second-order valence-corrected chi connectivity index (χ2v) is 6.96. The average Bonchev–Trinajstić information content (AvgIpc) is 3.18. The molecule has 1 aromatic carbocycles. The molecule has 0 amide bonds. The van der Waals surface area contributed by atoms with Crippen LogP contribution in [0.3, 0.4) is 0 Å². The molecule has 4 rings (SSSR count). The van der Waals surface area contributed by atoms with Gasteiger partial charge in [0.15, 0.2) is 11.5 Å². The van der Waals surface area contributed by atoms with Gasteiger partial charge in [-0.15, -0.1) is 0 Å². The van der Waals surface area contributed by atoms with Gasteiger partial charge in [-0.05, 0) is 37.8 Å². The molecular weight excluding hydrogens is 373 g/mol. The lowest BCUT2D eigenvalue weighted by atomic mass is 9.93. The zero-order chi connectivity index (χ0) is 20.2. The molecule has 0 bridgehead atoms. The Kier molecular flexibility index (Phi) is 5.35. The molecule has 0 atom stereocenters. The molecule has 8 nitrogen and oxygen atoms in total. The SMILES string of the molecule is N#Cc1cnc(Nc2cc(-c3c(F)cccc3O[C@H]3CC[C@H](N)CC3)[nH]n2)cn1. The molecule has 0 radical (unpaired) electrons. The fourth-order valence-corrected chi connectivity index (χ4v) is 3.35. The van der Waals surface area contributed by atoms with E-state index < -0.39 is 5.82 Å². The molecule has 148 valence electrons. The fourth-order valence-electron chi connectivity index (χ4n) is 3.35. The van der Waals surface area contributed by atoms with E-state index in [0.29, 0.717) is 28.6 Å². The van der Waals surface area contributed by atoms with Crippen LogP contribution < -0.4 is 15.8 Å². The number of benzene rings is 1. The number of nitrogens with zero attached hydrogens (tertiary/aromatic N) is 4. The van der Waals surface area contributed by atoms with Crippen molar-refractivity contribution >= 4 is 11.6 Å². The van der Waals surface area contributed by atoms with Crippen LogP contribution in [-0.2, 0) is 0 Å². The first-order valence-corrected chi connectivity index (χ1v) is 9.38. The minimum atomic E-state index is -0.400. The third-order valence-corrected chi connectivity index (χ3v) is 4.86. The number of nitrogens with two attached hydrogens (primary N) is 1. The summed E-state index contributed by atoms with van der Waals surface area (Å²) < 4.78 is 20.8. The number of aromatic amines is 1. The van der Waals surface area contributed by atoms with E-state index in [1.807, 2.05) is 6.07 Å². The molecule has 1 aliphatic rings. The number of halogens is 1. The minimum Gasteiger partial charge on any atom is -0.490 e. The van der Waals surface area contributed by atoms with Gasteiger partial charge in [0.05, 0.1) is 29.8 Å². The van der Waals surface area contributed by atoms with Crippen molar-refractivity contribution in [2.75, 3.05) is 5.32 Å². The zero-order valence-electron chi connectivity index (χ0n) is 15.6.